The molecule has 0 aromatic heterocycles. The highest BCUT2D eigenvalue weighted by Gasteiger charge is 2.33. The van der Waals surface area contributed by atoms with E-state index in [4.69, 9.17) is 4.74 Å². The van der Waals surface area contributed by atoms with Crippen LogP contribution in [0.1, 0.15) is 11.1 Å². The Kier molecular flexibility index (Phi) is 6.74. The van der Waals surface area contributed by atoms with Crippen LogP contribution in [0.2, 0.25) is 0 Å². The number of benzene rings is 3. The molecule has 3 aromatic carbocycles. The standard InChI is InChI=1S/C23H14F3N3O4/c24-23(25,26)17-10-11-21(19(13-17)29(31)32)33-20-9-5-4-6-15(20)12-16(14-27)22(30)28-18-7-2-1-3-8-18/h1-13H,(H,28,30)/b16-12+. The van der Waals surface area contributed by atoms with E-state index in [1.54, 1.807) is 42.5 Å². The zero-order chi connectivity index (χ0) is 24.0. The summed E-state index contributed by atoms with van der Waals surface area (Å²) in [6.45, 7) is 0. The summed E-state index contributed by atoms with van der Waals surface area (Å²) in [6.07, 6.45) is -3.55. The van der Waals surface area contributed by atoms with Crippen LogP contribution in [-0.2, 0) is 11.0 Å². The van der Waals surface area contributed by atoms with Gasteiger partial charge in [-0.05, 0) is 36.4 Å². The summed E-state index contributed by atoms with van der Waals surface area (Å²) in [6, 6.07) is 18.1. The average molecular weight is 453 g/mol. The van der Waals surface area contributed by atoms with E-state index >= 15 is 0 Å². The van der Waals surface area contributed by atoms with Crippen LogP contribution in [0, 0.1) is 21.4 Å². The number of carbonyl (C=O) groups is 1. The molecule has 3 rings (SSSR count). The highest BCUT2D eigenvalue weighted by atomic mass is 19.4. The van der Waals surface area contributed by atoms with Gasteiger partial charge in [0.15, 0.2) is 0 Å². The summed E-state index contributed by atoms with van der Waals surface area (Å²) >= 11 is 0. The first kappa shape index (κ1) is 23.0. The molecule has 33 heavy (non-hydrogen) atoms. The maximum Gasteiger partial charge on any atom is 0.416 e. The third-order valence-corrected chi connectivity index (χ3v) is 4.32. The maximum atomic E-state index is 12.9. The largest absolute Gasteiger partial charge is 0.449 e. The molecule has 0 radical (unpaired) electrons. The van der Waals surface area contributed by atoms with Gasteiger partial charge in [-0.15, -0.1) is 0 Å². The monoisotopic (exact) mass is 453 g/mol. The zero-order valence-corrected chi connectivity index (χ0v) is 16.7. The number of amides is 1. The van der Waals surface area contributed by atoms with Gasteiger partial charge in [0.2, 0.25) is 5.75 Å². The number of hydrogen-bond acceptors (Lipinski definition) is 5. The Morgan fingerprint density at radius 1 is 1.03 bits per heavy atom. The molecule has 0 unspecified atom stereocenters. The van der Waals surface area contributed by atoms with Crippen LogP contribution in [0.15, 0.2) is 78.4 Å². The first-order valence-corrected chi connectivity index (χ1v) is 9.30. The number of anilines is 1. The van der Waals surface area contributed by atoms with Crippen molar-refractivity contribution in [1.82, 2.24) is 0 Å². The molecule has 0 aliphatic carbocycles. The van der Waals surface area contributed by atoms with Gasteiger partial charge in [-0.2, -0.15) is 18.4 Å². The predicted molar refractivity (Wildman–Crippen MR) is 113 cm³/mol. The van der Waals surface area contributed by atoms with Gasteiger partial charge < -0.3 is 10.1 Å². The van der Waals surface area contributed by atoms with E-state index in [0.717, 1.165) is 6.07 Å². The topological polar surface area (TPSA) is 105 Å². The smallest absolute Gasteiger partial charge is 0.416 e. The Bertz CT molecular complexity index is 1270. The molecule has 0 aliphatic heterocycles. The molecule has 0 atom stereocenters. The minimum Gasteiger partial charge on any atom is -0.449 e. The van der Waals surface area contributed by atoms with E-state index in [1.807, 2.05) is 0 Å². The first-order valence-electron chi connectivity index (χ1n) is 9.30. The second-order valence-electron chi connectivity index (χ2n) is 6.57. The fourth-order valence-corrected chi connectivity index (χ4v) is 2.76. The van der Waals surface area contributed by atoms with Crippen molar-refractivity contribution in [3.05, 3.63) is 99.6 Å². The van der Waals surface area contributed by atoms with Gasteiger partial charge in [0.05, 0.1) is 10.5 Å². The number of alkyl halides is 3. The molecule has 3 aromatic rings. The van der Waals surface area contributed by atoms with Crippen molar-refractivity contribution in [3.8, 4) is 17.6 Å². The molecule has 0 saturated heterocycles. The number of rotatable bonds is 6. The van der Waals surface area contributed by atoms with Crippen LogP contribution in [0.25, 0.3) is 6.08 Å². The van der Waals surface area contributed by atoms with Crippen molar-refractivity contribution in [2.45, 2.75) is 6.18 Å². The van der Waals surface area contributed by atoms with E-state index in [-0.39, 0.29) is 16.9 Å². The van der Waals surface area contributed by atoms with Gasteiger partial charge >= 0.3 is 11.9 Å². The highest BCUT2D eigenvalue weighted by Crippen LogP contribution is 2.38. The minimum absolute atomic E-state index is 0.000574. The molecule has 0 aliphatic rings. The molecule has 1 amide bonds. The summed E-state index contributed by atoms with van der Waals surface area (Å²) in [5.74, 6) is -1.12. The normalized spacial score (nSPS) is 11.4. The van der Waals surface area contributed by atoms with Crippen molar-refractivity contribution in [2.24, 2.45) is 0 Å². The molecule has 0 heterocycles. The lowest BCUT2D eigenvalue weighted by atomic mass is 10.1. The lowest BCUT2D eigenvalue weighted by molar-refractivity contribution is -0.385. The molecule has 0 fully saturated rings. The third-order valence-electron chi connectivity index (χ3n) is 4.32. The van der Waals surface area contributed by atoms with Gasteiger partial charge in [0.1, 0.15) is 17.4 Å². The van der Waals surface area contributed by atoms with E-state index < -0.39 is 34.0 Å². The third kappa shape index (κ3) is 5.74. The van der Waals surface area contributed by atoms with Crippen molar-refractivity contribution in [2.75, 3.05) is 5.32 Å². The lowest BCUT2D eigenvalue weighted by Gasteiger charge is -2.12. The van der Waals surface area contributed by atoms with Gasteiger partial charge in [-0.3, -0.25) is 14.9 Å². The van der Waals surface area contributed by atoms with Gasteiger partial charge in [0, 0.05) is 17.3 Å². The number of hydrogen-bond donors (Lipinski definition) is 1. The average Bonchev–Trinajstić information content (AvgIpc) is 2.78. The van der Waals surface area contributed by atoms with Crippen LogP contribution in [-0.4, -0.2) is 10.8 Å². The van der Waals surface area contributed by atoms with Gasteiger partial charge in [-0.1, -0.05) is 36.4 Å². The number of carbonyl (C=O) groups excluding carboxylic acids is 1. The van der Waals surface area contributed by atoms with Crippen LogP contribution in [0.3, 0.4) is 0 Å². The zero-order valence-electron chi connectivity index (χ0n) is 16.7. The van der Waals surface area contributed by atoms with Crippen LogP contribution < -0.4 is 10.1 Å². The van der Waals surface area contributed by atoms with Crippen molar-refractivity contribution >= 4 is 23.4 Å². The fourth-order valence-electron chi connectivity index (χ4n) is 2.76. The first-order chi connectivity index (χ1) is 15.7. The van der Waals surface area contributed by atoms with Gasteiger partial charge in [-0.25, -0.2) is 0 Å². The molecule has 166 valence electrons. The molecule has 1 N–H and O–H groups in total. The Balaban J connectivity index is 1.94. The fraction of sp³-hybridized carbons (Fsp3) is 0.0435. The summed E-state index contributed by atoms with van der Waals surface area (Å²) in [7, 11) is 0. The number of nitro groups is 1. The number of nitrogens with zero attached hydrogens (tertiary/aromatic N) is 2. The van der Waals surface area contributed by atoms with Gasteiger partial charge in [0.25, 0.3) is 5.91 Å². The van der Waals surface area contributed by atoms with Crippen molar-refractivity contribution < 1.29 is 27.6 Å². The molecule has 0 saturated carbocycles. The van der Waals surface area contributed by atoms with Crippen LogP contribution in [0.4, 0.5) is 24.5 Å². The lowest BCUT2D eigenvalue weighted by Crippen LogP contribution is -2.13. The Labute approximate surface area is 185 Å². The molecule has 7 nitrogen and oxygen atoms in total. The summed E-state index contributed by atoms with van der Waals surface area (Å²) < 4.78 is 44.3. The number of nitro benzene ring substituents is 1. The van der Waals surface area contributed by atoms with Crippen LogP contribution >= 0.6 is 0 Å². The summed E-state index contributed by atoms with van der Waals surface area (Å²) in [5.41, 5.74) is -1.68. The number of nitriles is 1. The molecule has 0 bridgehead atoms. The Hall–Kier alpha value is -4.65. The number of nitrogens with one attached hydrogen (secondary N) is 1. The SMILES string of the molecule is N#C/C(=C\c1ccccc1Oc1ccc(C(F)(F)F)cc1[N+](=O)[O-])C(=O)Nc1ccccc1. The van der Waals surface area contributed by atoms with E-state index in [0.29, 0.717) is 17.8 Å². The number of para-hydroxylation sites is 2. The van der Waals surface area contributed by atoms with E-state index in [9.17, 15) is 33.3 Å². The molecular formula is C23H14F3N3O4. The van der Waals surface area contributed by atoms with Crippen LogP contribution in [0.5, 0.6) is 11.5 Å². The summed E-state index contributed by atoms with van der Waals surface area (Å²) in [4.78, 5) is 22.8. The second-order valence-corrected chi connectivity index (χ2v) is 6.57. The highest BCUT2D eigenvalue weighted by molar-refractivity contribution is 6.09. The molecule has 0 spiro atoms. The quantitative estimate of drug-likeness (QED) is 0.215. The number of ether oxygens (including phenoxy) is 1. The molecular weight excluding hydrogens is 439 g/mol. The van der Waals surface area contributed by atoms with E-state index in [2.05, 4.69) is 5.32 Å². The Morgan fingerprint density at radius 3 is 2.33 bits per heavy atom. The predicted octanol–water partition coefficient (Wildman–Crippen LogP) is 5.95. The minimum atomic E-state index is -4.77. The van der Waals surface area contributed by atoms with Crippen molar-refractivity contribution in [1.29, 1.82) is 5.26 Å². The van der Waals surface area contributed by atoms with E-state index in [1.165, 1.54) is 24.3 Å². The Morgan fingerprint density at radius 2 is 1.70 bits per heavy atom. The molecule has 10 heteroatoms. The maximum absolute atomic E-state index is 12.9. The second kappa shape index (κ2) is 9.65. The summed E-state index contributed by atoms with van der Waals surface area (Å²) in [5, 5.41) is 23.3. The number of halogens is 3. The van der Waals surface area contributed by atoms with Crippen molar-refractivity contribution in [3.63, 3.8) is 0 Å².